The summed E-state index contributed by atoms with van der Waals surface area (Å²) in [6.07, 6.45) is 7.81. The highest BCUT2D eigenvalue weighted by Gasteiger charge is 2.48. The van der Waals surface area contributed by atoms with Gasteiger partial charge in [0.25, 0.3) is 0 Å². The Bertz CT molecular complexity index is 947. The Balaban J connectivity index is 1.85. The number of carbonyl (C=O) groups excluding carboxylic acids is 1. The summed E-state index contributed by atoms with van der Waals surface area (Å²) in [7, 11) is 4.16. The summed E-state index contributed by atoms with van der Waals surface area (Å²) in [5, 5.41) is 10.6. The van der Waals surface area contributed by atoms with Crippen molar-refractivity contribution in [2.45, 2.75) is 91.0 Å². The molecule has 0 saturated carbocycles. The van der Waals surface area contributed by atoms with Crippen molar-refractivity contribution < 1.29 is 19.4 Å². The molecule has 1 aromatic carbocycles. The van der Waals surface area contributed by atoms with Crippen molar-refractivity contribution in [3.05, 3.63) is 29.3 Å². The summed E-state index contributed by atoms with van der Waals surface area (Å²) in [5.41, 5.74) is 2.23. The summed E-state index contributed by atoms with van der Waals surface area (Å²) < 4.78 is 5.71. The molecule has 1 N–H and O–H groups in total. The van der Waals surface area contributed by atoms with Gasteiger partial charge in [0.2, 0.25) is 5.91 Å². The highest BCUT2D eigenvalue weighted by atomic mass is 16.5. The smallest absolute Gasteiger partial charge is 0.308 e. The highest BCUT2D eigenvalue weighted by molar-refractivity contribution is 5.79. The Labute approximate surface area is 236 Å². The largest absolute Gasteiger partial charge is 0.493 e. The molecule has 7 nitrogen and oxygen atoms in total. The van der Waals surface area contributed by atoms with Gasteiger partial charge in [-0.1, -0.05) is 52.7 Å². The first-order valence-electron chi connectivity index (χ1n) is 15.2. The summed E-state index contributed by atoms with van der Waals surface area (Å²) in [6, 6.07) is 6.02. The van der Waals surface area contributed by atoms with E-state index in [1.807, 2.05) is 17.0 Å². The van der Waals surface area contributed by atoms with E-state index < -0.39 is 11.9 Å². The lowest BCUT2D eigenvalue weighted by molar-refractivity contribution is -0.144. The van der Waals surface area contributed by atoms with E-state index in [1.54, 1.807) is 0 Å². The average molecular weight is 544 g/mol. The minimum absolute atomic E-state index is 0.00313. The summed E-state index contributed by atoms with van der Waals surface area (Å²) in [5.74, 6) is -0.391. The molecule has 2 aliphatic rings. The third kappa shape index (κ3) is 8.68. The Morgan fingerprint density at radius 1 is 1.08 bits per heavy atom. The summed E-state index contributed by atoms with van der Waals surface area (Å²) >= 11 is 0. The highest BCUT2D eigenvalue weighted by Crippen LogP contribution is 2.44. The van der Waals surface area contributed by atoms with Crippen LogP contribution in [0.2, 0.25) is 0 Å². The van der Waals surface area contributed by atoms with Gasteiger partial charge in [-0.2, -0.15) is 0 Å². The Morgan fingerprint density at radius 3 is 2.46 bits per heavy atom. The van der Waals surface area contributed by atoms with Crippen molar-refractivity contribution in [1.29, 1.82) is 0 Å². The number of fused-ring (bicyclic) bond motifs is 1. The number of nitrogens with zero attached hydrogens (tertiary/aromatic N) is 3. The molecule has 2 heterocycles. The van der Waals surface area contributed by atoms with Gasteiger partial charge in [-0.15, -0.1) is 0 Å². The van der Waals surface area contributed by atoms with Crippen LogP contribution in [0, 0.1) is 11.3 Å². The zero-order valence-corrected chi connectivity index (χ0v) is 25.4. The van der Waals surface area contributed by atoms with Crippen molar-refractivity contribution in [1.82, 2.24) is 14.7 Å². The standard InChI is InChI=1S/C32H53N3O4/c1-7-9-17-34(18-11-10-16-33(5)6)29(36)23-35-22-26(24-12-13-28-25(20-24)14-19-39-28)30(31(37)38)27(35)21-32(3,4)15-8-2/h12-13,20,26-27,30H,7-11,14-19,21-23H2,1-6H3,(H,37,38). The third-order valence-corrected chi connectivity index (χ3v) is 8.62. The number of carboxylic acid groups (broad SMARTS) is 1. The van der Waals surface area contributed by atoms with Crippen LogP contribution in [0.3, 0.4) is 0 Å². The molecule has 2 aliphatic heterocycles. The second-order valence-corrected chi connectivity index (χ2v) is 12.8. The molecular weight excluding hydrogens is 490 g/mol. The minimum Gasteiger partial charge on any atom is -0.493 e. The Kier molecular flexibility index (Phi) is 11.7. The molecule has 1 saturated heterocycles. The molecule has 3 unspecified atom stereocenters. The number of hydrogen-bond acceptors (Lipinski definition) is 5. The van der Waals surface area contributed by atoms with E-state index in [9.17, 15) is 14.7 Å². The lowest BCUT2D eigenvalue weighted by Crippen LogP contribution is -2.46. The fraction of sp³-hybridized carbons (Fsp3) is 0.750. The van der Waals surface area contributed by atoms with E-state index >= 15 is 0 Å². The van der Waals surface area contributed by atoms with Crippen LogP contribution >= 0.6 is 0 Å². The minimum atomic E-state index is -0.754. The normalized spacial score (nSPS) is 21.3. The van der Waals surface area contributed by atoms with E-state index in [1.165, 1.54) is 0 Å². The van der Waals surface area contributed by atoms with E-state index in [0.29, 0.717) is 19.7 Å². The van der Waals surface area contributed by atoms with Gasteiger partial charge in [0.1, 0.15) is 5.75 Å². The zero-order chi connectivity index (χ0) is 28.6. The number of aliphatic carboxylic acids is 1. The lowest BCUT2D eigenvalue weighted by Gasteiger charge is -2.35. The number of ether oxygens (including phenoxy) is 1. The number of unbranched alkanes of at least 4 members (excludes halogenated alkanes) is 2. The average Bonchev–Trinajstić information content (AvgIpc) is 3.47. The SMILES string of the molecule is CCCCN(CCCCN(C)C)C(=O)CN1CC(c2ccc3c(c2)CCO3)C(C(=O)O)C1CC(C)(C)CCC. The van der Waals surface area contributed by atoms with Crippen molar-refractivity contribution >= 4 is 11.9 Å². The molecule has 0 aliphatic carbocycles. The number of rotatable bonds is 16. The van der Waals surface area contributed by atoms with Gasteiger partial charge in [-0.05, 0) is 75.4 Å². The number of benzene rings is 1. The maximum atomic E-state index is 13.8. The van der Waals surface area contributed by atoms with Gasteiger partial charge < -0.3 is 19.6 Å². The Hall–Kier alpha value is -2.12. The molecule has 1 aromatic rings. The van der Waals surface area contributed by atoms with E-state index in [2.05, 4.69) is 57.7 Å². The maximum absolute atomic E-state index is 13.8. The fourth-order valence-electron chi connectivity index (χ4n) is 6.58. The summed E-state index contributed by atoms with van der Waals surface area (Å²) in [6.45, 7) is 13.0. The molecular formula is C32H53N3O4. The van der Waals surface area contributed by atoms with Crippen LogP contribution in [0.25, 0.3) is 0 Å². The van der Waals surface area contributed by atoms with Crippen LogP contribution < -0.4 is 4.74 Å². The lowest BCUT2D eigenvalue weighted by atomic mass is 9.76. The molecule has 220 valence electrons. The van der Waals surface area contributed by atoms with Gasteiger partial charge in [0.05, 0.1) is 19.1 Å². The molecule has 0 spiro atoms. The third-order valence-electron chi connectivity index (χ3n) is 8.62. The molecule has 39 heavy (non-hydrogen) atoms. The first-order valence-corrected chi connectivity index (χ1v) is 15.2. The number of likely N-dealkylation sites (tertiary alicyclic amines) is 1. The molecule has 3 atom stereocenters. The maximum Gasteiger partial charge on any atom is 0.308 e. The van der Waals surface area contributed by atoms with Crippen LogP contribution in [-0.2, 0) is 16.0 Å². The second-order valence-electron chi connectivity index (χ2n) is 12.8. The molecule has 0 aromatic heterocycles. The fourth-order valence-corrected chi connectivity index (χ4v) is 6.58. The van der Waals surface area contributed by atoms with Crippen LogP contribution in [0.5, 0.6) is 5.75 Å². The van der Waals surface area contributed by atoms with Gasteiger partial charge in [-0.3, -0.25) is 14.5 Å². The topological polar surface area (TPSA) is 73.3 Å². The summed E-state index contributed by atoms with van der Waals surface area (Å²) in [4.78, 5) is 33.0. The van der Waals surface area contributed by atoms with Crippen LogP contribution in [0.1, 0.15) is 89.7 Å². The number of hydrogen-bond donors (Lipinski definition) is 1. The first kappa shape index (κ1) is 31.4. The second kappa shape index (κ2) is 14.5. The van der Waals surface area contributed by atoms with E-state index in [4.69, 9.17) is 4.74 Å². The molecule has 1 fully saturated rings. The predicted molar refractivity (Wildman–Crippen MR) is 157 cm³/mol. The number of amides is 1. The molecule has 7 heteroatoms. The van der Waals surface area contributed by atoms with Crippen molar-refractivity contribution in [3.63, 3.8) is 0 Å². The molecule has 0 radical (unpaired) electrons. The van der Waals surface area contributed by atoms with Crippen molar-refractivity contribution in [2.24, 2.45) is 11.3 Å². The quantitative estimate of drug-likeness (QED) is 0.286. The number of carbonyl (C=O) groups is 2. The van der Waals surface area contributed by atoms with Gasteiger partial charge >= 0.3 is 5.97 Å². The number of carboxylic acids is 1. The van der Waals surface area contributed by atoms with Gasteiger partial charge in [0, 0.05) is 38.0 Å². The monoisotopic (exact) mass is 543 g/mol. The van der Waals surface area contributed by atoms with E-state index in [0.717, 1.165) is 87.9 Å². The van der Waals surface area contributed by atoms with Crippen molar-refractivity contribution in [3.8, 4) is 5.75 Å². The van der Waals surface area contributed by atoms with E-state index in [-0.39, 0.29) is 23.3 Å². The van der Waals surface area contributed by atoms with Gasteiger partial charge in [-0.25, -0.2) is 0 Å². The molecule has 3 rings (SSSR count). The first-order chi connectivity index (χ1) is 18.6. The predicted octanol–water partition coefficient (Wildman–Crippen LogP) is 5.28. The zero-order valence-electron chi connectivity index (χ0n) is 25.4. The Morgan fingerprint density at radius 2 is 1.79 bits per heavy atom. The molecule has 1 amide bonds. The van der Waals surface area contributed by atoms with Crippen LogP contribution in [-0.4, -0.2) is 91.2 Å². The molecule has 0 bridgehead atoms. The van der Waals surface area contributed by atoms with Crippen molar-refractivity contribution in [2.75, 3.05) is 53.4 Å². The van der Waals surface area contributed by atoms with Crippen LogP contribution in [0.15, 0.2) is 18.2 Å². The van der Waals surface area contributed by atoms with Gasteiger partial charge in [0.15, 0.2) is 0 Å². The van der Waals surface area contributed by atoms with Crippen LogP contribution in [0.4, 0.5) is 0 Å².